The zero-order valence-corrected chi connectivity index (χ0v) is 18.0. The van der Waals surface area contributed by atoms with Crippen molar-refractivity contribution in [1.29, 1.82) is 0 Å². The molecule has 0 spiro atoms. The number of carbonyl (C=O) groups excluding carboxylic acids is 1. The predicted octanol–water partition coefficient (Wildman–Crippen LogP) is 3.47. The van der Waals surface area contributed by atoms with E-state index in [1.807, 2.05) is 0 Å². The fourth-order valence-electron chi connectivity index (χ4n) is 1.07. The van der Waals surface area contributed by atoms with Crippen molar-refractivity contribution >= 4 is 23.9 Å². The van der Waals surface area contributed by atoms with E-state index in [1.165, 1.54) is 6.42 Å². The first-order chi connectivity index (χ1) is 13.9. The van der Waals surface area contributed by atoms with Crippen LogP contribution in [0.4, 0.5) is 0 Å². The SMILES string of the molecule is C=C(C)C(=O)OCC1CCCO1.C=CC(=O)O.C=CC(=O)O.C=CC(=O)O.CCC. The van der Waals surface area contributed by atoms with Gasteiger partial charge >= 0.3 is 23.9 Å². The maximum atomic E-state index is 10.9. The van der Waals surface area contributed by atoms with E-state index < -0.39 is 17.9 Å². The van der Waals surface area contributed by atoms with Gasteiger partial charge in [-0.3, -0.25) is 0 Å². The van der Waals surface area contributed by atoms with E-state index in [-0.39, 0.29) is 12.1 Å². The van der Waals surface area contributed by atoms with E-state index in [2.05, 4.69) is 40.2 Å². The highest BCUT2D eigenvalue weighted by Crippen LogP contribution is 2.12. The van der Waals surface area contributed by atoms with Crippen LogP contribution < -0.4 is 0 Å². The molecule has 3 N–H and O–H groups in total. The second-order valence-corrected chi connectivity index (χ2v) is 5.35. The molecule has 0 amide bonds. The molecule has 1 saturated heterocycles. The number of hydrogen-bond donors (Lipinski definition) is 3. The molecule has 1 atom stereocenters. The van der Waals surface area contributed by atoms with Crippen LogP contribution in [0.5, 0.6) is 0 Å². The summed E-state index contributed by atoms with van der Waals surface area (Å²) in [5.74, 6) is -3.27. The molecule has 0 bridgehead atoms. The predicted molar refractivity (Wildman–Crippen MR) is 114 cm³/mol. The van der Waals surface area contributed by atoms with Crippen molar-refractivity contribution in [2.24, 2.45) is 0 Å². The standard InChI is InChI=1S/C9H14O3.3C3H4O2.C3H8/c1-7(2)9(10)12-6-8-4-3-5-11-8;3*1-2-3(4)5;1-3-2/h8H,1,3-6H2,2H3;3*2H,1H2,(H,4,5);3H2,1-2H3. The van der Waals surface area contributed by atoms with Gasteiger partial charge in [-0.05, 0) is 19.8 Å². The Bertz CT molecular complexity index is 502. The molecule has 0 aromatic rings. The first kappa shape index (κ1) is 34.3. The molecule has 1 aliphatic heterocycles. The molecule has 1 rings (SSSR count). The third-order valence-corrected chi connectivity index (χ3v) is 2.30. The molecule has 0 aromatic heterocycles. The topological polar surface area (TPSA) is 147 Å². The van der Waals surface area contributed by atoms with Gasteiger partial charge in [-0.15, -0.1) is 0 Å². The summed E-state index contributed by atoms with van der Waals surface area (Å²) in [6.45, 7) is 19.4. The third kappa shape index (κ3) is 39.7. The fourth-order valence-corrected chi connectivity index (χ4v) is 1.07. The average Bonchev–Trinajstić information content (AvgIpc) is 3.21. The summed E-state index contributed by atoms with van der Waals surface area (Å²) in [5.41, 5.74) is 0.438. The highest BCUT2D eigenvalue weighted by molar-refractivity contribution is 5.86. The molecule has 0 aliphatic carbocycles. The van der Waals surface area contributed by atoms with Gasteiger partial charge in [-0.25, -0.2) is 19.2 Å². The smallest absolute Gasteiger partial charge is 0.333 e. The van der Waals surface area contributed by atoms with E-state index in [4.69, 9.17) is 24.8 Å². The van der Waals surface area contributed by atoms with Gasteiger partial charge in [0.1, 0.15) is 6.61 Å². The second kappa shape index (κ2) is 25.8. The van der Waals surface area contributed by atoms with Crippen molar-refractivity contribution in [3.8, 4) is 0 Å². The summed E-state index contributed by atoms with van der Waals surface area (Å²) in [7, 11) is 0. The maximum Gasteiger partial charge on any atom is 0.333 e. The first-order valence-electron chi connectivity index (χ1n) is 8.93. The lowest BCUT2D eigenvalue weighted by atomic mass is 10.2. The molecule has 0 radical (unpaired) electrons. The Hall–Kier alpha value is -3.20. The fraction of sp³-hybridized carbons (Fsp3) is 0.429. The summed E-state index contributed by atoms with van der Waals surface area (Å²) in [6.07, 6.45) is 5.91. The zero-order chi connectivity index (χ0) is 24.5. The van der Waals surface area contributed by atoms with Crippen LogP contribution in [0.2, 0.25) is 0 Å². The second-order valence-electron chi connectivity index (χ2n) is 5.35. The van der Waals surface area contributed by atoms with Crippen LogP contribution in [-0.2, 0) is 28.7 Å². The molecule has 30 heavy (non-hydrogen) atoms. The summed E-state index contributed by atoms with van der Waals surface area (Å²) in [4.78, 5) is 38.7. The van der Waals surface area contributed by atoms with Gasteiger partial charge in [-0.2, -0.15) is 0 Å². The molecule has 1 aliphatic rings. The van der Waals surface area contributed by atoms with Crippen LogP contribution in [-0.4, -0.2) is 58.5 Å². The monoisotopic (exact) mass is 430 g/mol. The minimum absolute atomic E-state index is 0.105. The van der Waals surface area contributed by atoms with Gasteiger partial charge in [-0.1, -0.05) is 46.6 Å². The zero-order valence-electron chi connectivity index (χ0n) is 18.0. The molecular weight excluding hydrogens is 396 g/mol. The number of hydrogen-bond acceptors (Lipinski definition) is 6. The van der Waals surface area contributed by atoms with Crippen molar-refractivity contribution < 1.29 is 44.0 Å². The Morgan fingerprint density at radius 2 is 1.30 bits per heavy atom. The van der Waals surface area contributed by atoms with Crippen LogP contribution in [0.1, 0.15) is 40.0 Å². The van der Waals surface area contributed by atoms with E-state index in [0.29, 0.717) is 12.2 Å². The van der Waals surface area contributed by atoms with E-state index in [1.54, 1.807) is 6.92 Å². The summed E-state index contributed by atoms with van der Waals surface area (Å²) in [6, 6.07) is 0. The summed E-state index contributed by atoms with van der Waals surface area (Å²) < 4.78 is 10.2. The van der Waals surface area contributed by atoms with Crippen LogP contribution in [0.25, 0.3) is 0 Å². The summed E-state index contributed by atoms with van der Waals surface area (Å²) in [5, 5.41) is 22.8. The van der Waals surface area contributed by atoms with Gasteiger partial charge in [0.25, 0.3) is 0 Å². The number of carboxylic acids is 3. The molecule has 1 fully saturated rings. The molecule has 1 unspecified atom stereocenters. The Labute approximate surface area is 178 Å². The molecule has 9 heteroatoms. The van der Waals surface area contributed by atoms with Crippen LogP contribution in [0.3, 0.4) is 0 Å². The van der Waals surface area contributed by atoms with E-state index in [0.717, 1.165) is 37.7 Å². The van der Waals surface area contributed by atoms with Crippen molar-refractivity contribution in [3.05, 3.63) is 50.1 Å². The lowest BCUT2D eigenvalue weighted by Crippen LogP contribution is -2.17. The van der Waals surface area contributed by atoms with Gasteiger partial charge in [0, 0.05) is 30.4 Å². The van der Waals surface area contributed by atoms with Crippen molar-refractivity contribution in [3.63, 3.8) is 0 Å². The van der Waals surface area contributed by atoms with Gasteiger partial charge in [0.2, 0.25) is 0 Å². The summed E-state index contributed by atoms with van der Waals surface area (Å²) >= 11 is 0. The van der Waals surface area contributed by atoms with Crippen molar-refractivity contribution in [2.45, 2.75) is 46.1 Å². The van der Waals surface area contributed by atoms with Crippen molar-refractivity contribution in [1.82, 2.24) is 0 Å². The number of carbonyl (C=O) groups is 4. The Morgan fingerprint density at radius 1 is 0.967 bits per heavy atom. The normalized spacial score (nSPS) is 12.7. The lowest BCUT2D eigenvalue weighted by Gasteiger charge is -2.09. The Morgan fingerprint density at radius 3 is 1.50 bits per heavy atom. The third-order valence-electron chi connectivity index (χ3n) is 2.30. The molecule has 172 valence electrons. The quantitative estimate of drug-likeness (QED) is 0.425. The maximum absolute atomic E-state index is 10.9. The number of aliphatic carboxylic acids is 3. The highest BCUT2D eigenvalue weighted by Gasteiger charge is 2.17. The molecule has 9 nitrogen and oxygen atoms in total. The van der Waals surface area contributed by atoms with E-state index >= 15 is 0 Å². The molecule has 0 saturated carbocycles. The van der Waals surface area contributed by atoms with Crippen molar-refractivity contribution in [2.75, 3.05) is 13.2 Å². The molecule has 0 aromatic carbocycles. The largest absolute Gasteiger partial charge is 0.478 e. The first-order valence-corrected chi connectivity index (χ1v) is 8.93. The Kier molecular flexibility index (Phi) is 29.5. The number of esters is 1. The molecular formula is C21H34O9. The minimum Gasteiger partial charge on any atom is -0.478 e. The van der Waals surface area contributed by atoms with Gasteiger partial charge in [0.05, 0.1) is 6.10 Å². The lowest BCUT2D eigenvalue weighted by molar-refractivity contribution is -0.142. The highest BCUT2D eigenvalue weighted by atomic mass is 16.6. The number of rotatable bonds is 6. The number of carboxylic acid groups (broad SMARTS) is 3. The van der Waals surface area contributed by atoms with Crippen LogP contribution in [0.15, 0.2) is 50.1 Å². The minimum atomic E-state index is -0.981. The number of ether oxygens (including phenoxy) is 2. The van der Waals surface area contributed by atoms with Gasteiger partial charge in [0.15, 0.2) is 0 Å². The van der Waals surface area contributed by atoms with E-state index in [9.17, 15) is 19.2 Å². The average molecular weight is 430 g/mol. The van der Waals surface area contributed by atoms with Crippen LogP contribution in [0, 0.1) is 0 Å². The van der Waals surface area contributed by atoms with Crippen LogP contribution >= 0.6 is 0 Å². The molecule has 1 heterocycles. The van der Waals surface area contributed by atoms with Gasteiger partial charge < -0.3 is 24.8 Å². The Balaban J connectivity index is -0.000000159.